The Bertz CT molecular complexity index is 286. The van der Waals surface area contributed by atoms with Crippen molar-refractivity contribution in [2.24, 2.45) is 0 Å². The molecule has 1 rings (SSSR count). The van der Waals surface area contributed by atoms with E-state index in [4.69, 9.17) is 0 Å². The van der Waals surface area contributed by atoms with Crippen LogP contribution in [0.2, 0.25) is 0 Å². The zero-order valence-corrected chi connectivity index (χ0v) is 8.57. The predicted molar refractivity (Wildman–Crippen MR) is 56.2 cm³/mol. The Labute approximate surface area is 84.4 Å². The van der Waals surface area contributed by atoms with E-state index in [1.54, 1.807) is 18.2 Å². The lowest BCUT2D eigenvalue weighted by atomic mass is 10.1. The number of rotatable bonds is 4. The number of aromatic hydroxyl groups is 1. The topological polar surface area (TPSA) is 52.5 Å². The molecule has 0 aromatic heterocycles. The summed E-state index contributed by atoms with van der Waals surface area (Å²) in [6, 6.07) is 7.13. The molecule has 14 heavy (non-hydrogen) atoms. The van der Waals surface area contributed by atoms with Crippen LogP contribution in [0.3, 0.4) is 0 Å². The maximum Gasteiger partial charge on any atom is 0.115 e. The highest BCUT2D eigenvalue weighted by molar-refractivity contribution is 5.29. The van der Waals surface area contributed by atoms with Crippen LogP contribution in [-0.4, -0.2) is 22.9 Å². The monoisotopic (exact) mass is 195 g/mol. The molecular weight excluding hydrogens is 178 g/mol. The van der Waals surface area contributed by atoms with Gasteiger partial charge >= 0.3 is 0 Å². The summed E-state index contributed by atoms with van der Waals surface area (Å²) < 4.78 is 0. The van der Waals surface area contributed by atoms with Crippen molar-refractivity contribution >= 4 is 0 Å². The summed E-state index contributed by atoms with van der Waals surface area (Å²) in [5.41, 5.74) is 0.904. The first-order valence-electron chi connectivity index (χ1n) is 4.79. The number of aliphatic hydroxyl groups is 1. The molecule has 0 radical (unpaired) electrons. The molecule has 0 saturated heterocycles. The molecule has 3 nitrogen and oxygen atoms in total. The van der Waals surface area contributed by atoms with E-state index in [9.17, 15) is 10.2 Å². The van der Waals surface area contributed by atoms with Gasteiger partial charge < -0.3 is 15.5 Å². The Morgan fingerprint density at radius 2 is 2.07 bits per heavy atom. The largest absolute Gasteiger partial charge is 0.508 e. The van der Waals surface area contributed by atoms with Gasteiger partial charge in [0.05, 0.1) is 12.6 Å². The van der Waals surface area contributed by atoms with Crippen LogP contribution in [0.4, 0.5) is 0 Å². The van der Waals surface area contributed by atoms with Crippen LogP contribution in [-0.2, 0) is 0 Å². The summed E-state index contributed by atoms with van der Waals surface area (Å²) in [5, 5.41) is 21.7. The van der Waals surface area contributed by atoms with Crippen molar-refractivity contribution in [3.05, 3.63) is 29.8 Å². The molecule has 3 N–H and O–H groups in total. The number of benzene rings is 1. The molecule has 0 amide bonds. The fourth-order valence-electron chi connectivity index (χ4n) is 1.40. The van der Waals surface area contributed by atoms with Crippen LogP contribution >= 0.6 is 0 Å². The highest BCUT2D eigenvalue weighted by atomic mass is 16.3. The first-order chi connectivity index (χ1) is 6.63. The van der Waals surface area contributed by atoms with Crippen molar-refractivity contribution in [1.82, 2.24) is 5.32 Å². The van der Waals surface area contributed by atoms with Gasteiger partial charge in [-0.15, -0.1) is 0 Å². The first-order valence-corrected chi connectivity index (χ1v) is 4.79. The fourth-order valence-corrected chi connectivity index (χ4v) is 1.40. The molecule has 1 aromatic rings. The highest BCUT2D eigenvalue weighted by Gasteiger charge is 2.11. The van der Waals surface area contributed by atoms with Gasteiger partial charge in [0.1, 0.15) is 5.75 Å². The van der Waals surface area contributed by atoms with Crippen molar-refractivity contribution in [3.63, 3.8) is 0 Å². The zero-order chi connectivity index (χ0) is 10.6. The summed E-state index contributed by atoms with van der Waals surface area (Å²) in [7, 11) is 0. The second-order valence-electron chi connectivity index (χ2n) is 3.65. The molecule has 3 heteroatoms. The molecule has 0 spiro atoms. The van der Waals surface area contributed by atoms with E-state index < -0.39 is 0 Å². The van der Waals surface area contributed by atoms with Crippen molar-refractivity contribution < 1.29 is 10.2 Å². The molecule has 0 fully saturated rings. The van der Waals surface area contributed by atoms with Crippen LogP contribution in [0.5, 0.6) is 5.75 Å². The standard InChI is InChI=1S/C11H17NO2/c1-8(2)12-11(7-13)9-4-3-5-10(14)6-9/h3-6,8,11-14H,7H2,1-2H3. The van der Waals surface area contributed by atoms with Gasteiger partial charge in [-0.2, -0.15) is 0 Å². The minimum absolute atomic E-state index is 0.0294. The maximum atomic E-state index is 9.28. The smallest absolute Gasteiger partial charge is 0.115 e. The Balaban J connectivity index is 2.78. The van der Waals surface area contributed by atoms with Crippen molar-refractivity contribution in [2.45, 2.75) is 25.9 Å². The van der Waals surface area contributed by atoms with Crippen molar-refractivity contribution in [1.29, 1.82) is 0 Å². The molecule has 0 heterocycles. The predicted octanol–water partition coefficient (Wildman–Crippen LogP) is 1.42. The Hall–Kier alpha value is -1.06. The molecule has 0 aliphatic rings. The third-order valence-electron chi connectivity index (χ3n) is 1.99. The average molecular weight is 195 g/mol. The summed E-state index contributed by atoms with van der Waals surface area (Å²) in [5.74, 6) is 0.228. The lowest BCUT2D eigenvalue weighted by molar-refractivity contribution is 0.237. The van der Waals surface area contributed by atoms with E-state index >= 15 is 0 Å². The summed E-state index contributed by atoms with van der Waals surface area (Å²) in [6.45, 7) is 4.07. The van der Waals surface area contributed by atoms with E-state index in [1.807, 2.05) is 19.9 Å². The average Bonchev–Trinajstić information content (AvgIpc) is 2.14. The highest BCUT2D eigenvalue weighted by Crippen LogP contribution is 2.18. The van der Waals surface area contributed by atoms with Gasteiger partial charge in [-0.1, -0.05) is 26.0 Å². The molecular formula is C11H17NO2. The first kappa shape index (κ1) is 11.0. The van der Waals surface area contributed by atoms with Gasteiger partial charge in [0.2, 0.25) is 0 Å². The lowest BCUT2D eigenvalue weighted by Gasteiger charge is -2.19. The van der Waals surface area contributed by atoms with Crippen molar-refractivity contribution in [3.8, 4) is 5.75 Å². The molecule has 1 atom stereocenters. The zero-order valence-electron chi connectivity index (χ0n) is 8.57. The van der Waals surface area contributed by atoms with Gasteiger partial charge in [-0.05, 0) is 17.7 Å². The van der Waals surface area contributed by atoms with Gasteiger partial charge in [-0.25, -0.2) is 0 Å². The van der Waals surface area contributed by atoms with E-state index in [-0.39, 0.29) is 18.4 Å². The van der Waals surface area contributed by atoms with Crippen LogP contribution in [0.1, 0.15) is 25.5 Å². The van der Waals surface area contributed by atoms with Crippen LogP contribution in [0.15, 0.2) is 24.3 Å². The molecule has 1 aromatic carbocycles. The third-order valence-corrected chi connectivity index (χ3v) is 1.99. The SMILES string of the molecule is CC(C)NC(CO)c1cccc(O)c1. The number of phenols is 1. The van der Waals surface area contributed by atoms with Gasteiger partial charge in [0.15, 0.2) is 0 Å². The van der Waals surface area contributed by atoms with Crippen LogP contribution < -0.4 is 5.32 Å². The summed E-state index contributed by atoms with van der Waals surface area (Å²) >= 11 is 0. The molecule has 1 unspecified atom stereocenters. The minimum Gasteiger partial charge on any atom is -0.508 e. The Morgan fingerprint density at radius 1 is 1.36 bits per heavy atom. The maximum absolute atomic E-state index is 9.28. The van der Waals surface area contributed by atoms with Crippen LogP contribution in [0.25, 0.3) is 0 Å². The lowest BCUT2D eigenvalue weighted by Crippen LogP contribution is -2.30. The summed E-state index contributed by atoms with van der Waals surface area (Å²) in [4.78, 5) is 0. The molecule has 0 aliphatic heterocycles. The number of aliphatic hydroxyl groups excluding tert-OH is 1. The normalized spacial score (nSPS) is 13.1. The molecule has 0 saturated carbocycles. The van der Waals surface area contributed by atoms with Gasteiger partial charge in [-0.3, -0.25) is 0 Å². The number of phenolic OH excluding ortho intramolecular Hbond substituents is 1. The Morgan fingerprint density at radius 3 is 2.57 bits per heavy atom. The molecule has 0 aliphatic carbocycles. The van der Waals surface area contributed by atoms with E-state index in [0.717, 1.165) is 5.56 Å². The second-order valence-corrected chi connectivity index (χ2v) is 3.65. The van der Waals surface area contributed by atoms with Gasteiger partial charge in [0, 0.05) is 6.04 Å². The number of hydrogen-bond acceptors (Lipinski definition) is 3. The summed E-state index contributed by atoms with van der Waals surface area (Å²) in [6.07, 6.45) is 0. The van der Waals surface area contributed by atoms with E-state index in [1.165, 1.54) is 0 Å². The van der Waals surface area contributed by atoms with E-state index in [0.29, 0.717) is 6.04 Å². The molecule has 78 valence electrons. The van der Waals surface area contributed by atoms with Crippen LogP contribution in [0, 0.1) is 0 Å². The third kappa shape index (κ3) is 3.01. The number of hydrogen-bond donors (Lipinski definition) is 3. The molecule has 0 bridgehead atoms. The van der Waals surface area contributed by atoms with Crippen molar-refractivity contribution in [2.75, 3.05) is 6.61 Å². The fraction of sp³-hybridized carbons (Fsp3) is 0.455. The second kappa shape index (κ2) is 4.98. The van der Waals surface area contributed by atoms with Gasteiger partial charge in [0.25, 0.3) is 0 Å². The minimum atomic E-state index is -0.109. The quantitative estimate of drug-likeness (QED) is 0.681. The Kier molecular flexibility index (Phi) is 3.92. The number of nitrogens with one attached hydrogen (secondary N) is 1. The van der Waals surface area contributed by atoms with E-state index in [2.05, 4.69) is 5.32 Å².